The third-order valence-corrected chi connectivity index (χ3v) is 6.16. The highest BCUT2D eigenvalue weighted by molar-refractivity contribution is 7.80. The largest absolute Gasteiger partial charge is 0.346 e. The van der Waals surface area contributed by atoms with Gasteiger partial charge < -0.3 is 10.2 Å². The van der Waals surface area contributed by atoms with Gasteiger partial charge in [0.05, 0.1) is 6.54 Å². The van der Waals surface area contributed by atoms with Crippen LogP contribution in [0, 0.1) is 12.7 Å². The molecule has 0 saturated carbocycles. The second-order valence-electron chi connectivity index (χ2n) is 7.78. The van der Waals surface area contributed by atoms with E-state index in [2.05, 4.69) is 51.4 Å². The third kappa shape index (κ3) is 5.61. The van der Waals surface area contributed by atoms with Crippen molar-refractivity contribution in [3.05, 3.63) is 82.3 Å². The minimum absolute atomic E-state index is 0.262. The second kappa shape index (κ2) is 9.77. The lowest BCUT2D eigenvalue weighted by Gasteiger charge is -2.36. The number of nitrogens with one attached hydrogen (secondary N) is 1. The summed E-state index contributed by atoms with van der Waals surface area (Å²) < 4.78 is 15.7. The van der Waals surface area contributed by atoms with Crippen LogP contribution in [0.4, 0.5) is 10.2 Å². The molecule has 8 heteroatoms. The number of aromatic nitrogens is 2. The fourth-order valence-electron chi connectivity index (χ4n) is 3.61. The number of nitrogens with zero attached hydrogens (tertiary/aromatic N) is 4. The molecule has 1 N–H and O–H groups in total. The molecule has 3 aromatic rings. The van der Waals surface area contributed by atoms with Crippen molar-refractivity contribution >= 4 is 34.7 Å². The van der Waals surface area contributed by atoms with Crippen molar-refractivity contribution < 1.29 is 4.39 Å². The van der Waals surface area contributed by atoms with E-state index in [0.29, 0.717) is 21.5 Å². The Balaban J connectivity index is 1.28. The van der Waals surface area contributed by atoms with Gasteiger partial charge in [0.2, 0.25) is 0 Å². The fraction of sp³-hybridized carbons (Fsp3) is 0.304. The van der Waals surface area contributed by atoms with Crippen LogP contribution in [-0.2, 0) is 13.1 Å². The van der Waals surface area contributed by atoms with Gasteiger partial charge in [0.1, 0.15) is 5.82 Å². The molecule has 2 aromatic carbocycles. The Labute approximate surface area is 192 Å². The Morgan fingerprint density at radius 1 is 1.06 bits per heavy atom. The van der Waals surface area contributed by atoms with Crippen LogP contribution in [-0.4, -0.2) is 50.9 Å². The van der Waals surface area contributed by atoms with Crippen molar-refractivity contribution in [2.24, 2.45) is 0 Å². The van der Waals surface area contributed by atoms with Gasteiger partial charge in [-0.2, -0.15) is 5.10 Å². The molecule has 4 rings (SSSR count). The highest BCUT2D eigenvalue weighted by Crippen LogP contribution is 2.20. The molecule has 1 aliphatic heterocycles. The lowest BCUT2D eigenvalue weighted by atomic mass is 10.1. The summed E-state index contributed by atoms with van der Waals surface area (Å²) in [6.07, 6.45) is 1.78. The maximum absolute atomic E-state index is 14.0. The quantitative estimate of drug-likeness (QED) is 0.569. The van der Waals surface area contributed by atoms with E-state index in [9.17, 15) is 4.39 Å². The lowest BCUT2D eigenvalue weighted by Crippen LogP contribution is -2.49. The monoisotopic (exact) mass is 457 g/mol. The third-order valence-electron chi connectivity index (χ3n) is 5.44. The highest BCUT2D eigenvalue weighted by atomic mass is 35.5. The highest BCUT2D eigenvalue weighted by Gasteiger charge is 2.19. The Morgan fingerprint density at radius 2 is 1.81 bits per heavy atom. The van der Waals surface area contributed by atoms with Crippen molar-refractivity contribution in [3.63, 3.8) is 0 Å². The molecule has 31 heavy (non-hydrogen) atoms. The van der Waals surface area contributed by atoms with Crippen LogP contribution in [0.1, 0.15) is 16.7 Å². The number of hydrogen-bond acceptors (Lipinski definition) is 3. The average molecular weight is 458 g/mol. The van der Waals surface area contributed by atoms with Crippen LogP contribution in [0.5, 0.6) is 0 Å². The van der Waals surface area contributed by atoms with Crippen LogP contribution in [0.25, 0.3) is 0 Å². The molecule has 0 unspecified atom stereocenters. The first-order chi connectivity index (χ1) is 15.0. The molecule has 162 valence electrons. The zero-order chi connectivity index (χ0) is 21.8. The van der Waals surface area contributed by atoms with E-state index in [1.165, 1.54) is 17.2 Å². The van der Waals surface area contributed by atoms with Gasteiger partial charge in [-0.05, 0) is 36.8 Å². The zero-order valence-electron chi connectivity index (χ0n) is 17.4. The van der Waals surface area contributed by atoms with Crippen LogP contribution in [0.3, 0.4) is 0 Å². The maximum Gasteiger partial charge on any atom is 0.174 e. The topological polar surface area (TPSA) is 36.3 Å². The van der Waals surface area contributed by atoms with Gasteiger partial charge in [0.25, 0.3) is 0 Å². The minimum Gasteiger partial charge on any atom is -0.346 e. The molecule has 0 bridgehead atoms. The van der Waals surface area contributed by atoms with Crippen molar-refractivity contribution in [2.45, 2.75) is 20.0 Å². The summed E-state index contributed by atoms with van der Waals surface area (Å²) >= 11 is 11.7. The number of aryl methyl sites for hydroxylation is 1. The molecule has 1 aromatic heterocycles. The summed E-state index contributed by atoms with van der Waals surface area (Å²) in [5.41, 5.74) is 3.04. The number of anilines is 1. The minimum atomic E-state index is -0.337. The fourth-order valence-corrected chi connectivity index (χ4v) is 4.12. The molecule has 0 spiro atoms. The molecular weight excluding hydrogens is 433 g/mol. The zero-order valence-corrected chi connectivity index (χ0v) is 19.0. The summed E-state index contributed by atoms with van der Waals surface area (Å²) in [7, 11) is 0. The van der Waals surface area contributed by atoms with Gasteiger partial charge >= 0.3 is 0 Å². The van der Waals surface area contributed by atoms with E-state index < -0.39 is 0 Å². The van der Waals surface area contributed by atoms with E-state index in [1.807, 2.05) is 6.07 Å². The summed E-state index contributed by atoms with van der Waals surface area (Å²) in [6, 6.07) is 15.2. The number of thiocarbonyl (C=S) groups is 1. The Hall–Kier alpha value is -2.48. The number of rotatable bonds is 5. The molecule has 1 saturated heterocycles. The van der Waals surface area contributed by atoms with Gasteiger partial charge in [-0.1, -0.05) is 47.5 Å². The number of piperazine rings is 1. The van der Waals surface area contributed by atoms with Crippen molar-refractivity contribution in [1.82, 2.24) is 19.6 Å². The Kier molecular flexibility index (Phi) is 6.85. The molecule has 0 aliphatic carbocycles. The van der Waals surface area contributed by atoms with Crippen LogP contribution >= 0.6 is 23.8 Å². The second-order valence-corrected chi connectivity index (χ2v) is 8.57. The number of benzene rings is 2. The van der Waals surface area contributed by atoms with E-state index in [-0.39, 0.29) is 12.4 Å². The van der Waals surface area contributed by atoms with Crippen LogP contribution < -0.4 is 5.32 Å². The molecule has 0 radical (unpaired) electrons. The van der Waals surface area contributed by atoms with E-state index in [1.54, 1.807) is 23.0 Å². The molecule has 5 nitrogen and oxygen atoms in total. The van der Waals surface area contributed by atoms with Crippen molar-refractivity contribution in [1.29, 1.82) is 0 Å². The smallest absolute Gasteiger partial charge is 0.174 e. The number of hydrogen-bond donors (Lipinski definition) is 1. The Morgan fingerprint density at radius 3 is 2.52 bits per heavy atom. The molecule has 0 amide bonds. The summed E-state index contributed by atoms with van der Waals surface area (Å²) in [6.45, 7) is 6.96. The average Bonchev–Trinajstić information content (AvgIpc) is 3.20. The molecule has 2 heterocycles. The molecular formula is C23H25ClFN5S. The first-order valence-corrected chi connectivity index (χ1v) is 11.1. The predicted molar refractivity (Wildman–Crippen MR) is 127 cm³/mol. The van der Waals surface area contributed by atoms with Gasteiger partial charge in [0.15, 0.2) is 10.9 Å². The SMILES string of the molecule is Cc1ccc(CN2CCN(C(=S)Nc3ccn(Cc4c(F)cccc4Cl)n3)CC2)cc1. The van der Waals surface area contributed by atoms with Crippen molar-refractivity contribution in [3.8, 4) is 0 Å². The van der Waals surface area contributed by atoms with Crippen LogP contribution in [0.15, 0.2) is 54.7 Å². The first-order valence-electron chi connectivity index (χ1n) is 10.3. The van der Waals surface area contributed by atoms with Gasteiger partial charge in [-0.15, -0.1) is 0 Å². The first kappa shape index (κ1) is 21.7. The van der Waals surface area contributed by atoms with Crippen LogP contribution in [0.2, 0.25) is 5.02 Å². The standard InChI is InChI=1S/C23H25ClFN5S/c1-17-5-7-18(8-6-17)15-28-11-13-29(14-12-28)23(31)26-22-9-10-30(27-22)16-19-20(24)3-2-4-21(19)25/h2-10H,11-16H2,1H3,(H,26,27,31). The normalized spacial score (nSPS) is 14.6. The molecule has 0 atom stereocenters. The van der Waals surface area contributed by atoms with E-state index in [4.69, 9.17) is 23.8 Å². The number of halogens is 2. The van der Waals surface area contributed by atoms with Crippen molar-refractivity contribution in [2.75, 3.05) is 31.5 Å². The summed E-state index contributed by atoms with van der Waals surface area (Å²) in [4.78, 5) is 4.60. The maximum atomic E-state index is 14.0. The summed E-state index contributed by atoms with van der Waals surface area (Å²) in [5.74, 6) is 0.302. The Bertz CT molecular complexity index is 1020. The predicted octanol–water partition coefficient (Wildman–Crippen LogP) is 4.55. The van der Waals surface area contributed by atoms with Gasteiger partial charge in [-0.25, -0.2) is 4.39 Å². The lowest BCUT2D eigenvalue weighted by molar-refractivity contribution is 0.177. The van der Waals surface area contributed by atoms with E-state index >= 15 is 0 Å². The summed E-state index contributed by atoms with van der Waals surface area (Å²) in [5, 5.41) is 8.70. The molecule has 1 fully saturated rings. The van der Waals surface area contributed by atoms with Gasteiger partial charge in [-0.3, -0.25) is 9.58 Å². The van der Waals surface area contributed by atoms with E-state index in [0.717, 1.165) is 32.7 Å². The molecule has 1 aliphatic rings. The van der Waals surface area contributed by atoms with Gasteiger partial charge in [0, 0.05) is 55.6 Å².